The molecule has 2 rings (SSSR count). The van der Waals surface area contributed by atoms with Gasteiger partial charge >= 0.3 is 0 Å². The van der Waals surface area contributed by atoms with Gasteiger partial charge in [0.15, 0.2) is 0 Å². The smallest absolute Gasteiger partial charge is 0.226 e. The predicted octanol–water partition coefficient (Wildman–Crippen LogP) is 5.25. The van der Waals surface area contributed by atoms with E-state index in [9.17, 15) is 0 Å². The van der Waals surface area contributed by atoms with Crippen LogP contribution in [0, 0.1) is 6.92 Å². The first-order valence-electron chi connectivity index (χ1n) is 7.18. The minimum absolute atomic E-state index is 0.0188. The molecule has 0 aliphatic carbocycles. The quantitative estimate of drug-likeness (QED) is 0.708. The van der Waals surface area contributed by atoms with Gasteiger partial charge in [-0.2, -0.15) is 0 Å². The summed E-state index contributed by atoms with van der Waals surface area (Å²) in [6.45, 7) is 15.1. The van der Waals surface area contributed by atoms with Crippen LogP contribution >= 0.6 is 0 Å². The predicted molar refractivity (Wildman–Crippen MR) is 84.1 cm³/mol. The Balaban J connectivity index is 2.57. The number of hydrogen-bond acceptors (Lipinski definition) is 2. The van der Waals surface area contributed by atoms with Gasteiger partial charge < -0.3 is 4.42 Å². The number of benzene rings is 1. The maximum atomic E-state index is 6.12. The van der Waals surface area contributed by atoms with Crippen LogP contribution in [-0.4, -0.2) is 4.98 Å². The largest absolute Gasteiger partial charge is 0.440 e. The first-order chi connectivity index (χ1) is 9.09. The van der Waals surface area contributed by atoms with Crippen molar-refractivity contribution in [1.82, 2.24) is 4.98 Å². The zero-order valence-electron chi connectivity index (χ0n) is 13.7. The Kier molecular flexibility index (Phi) is 3.53. The Labute approximate surface area is 122 Å². The third kappa shape index (κ3) is 2.95. The van der Waals surface area contributed by atoms with Gasteiger partial charge in [-0.15, -0.1) is 0 Å². The van der Waals surface area contributed by atoms with Crippen LogP contribution in [0.5, 0.6) is 0 Å². The van der Waals surface area contributed by atoms with Crippen LogP contribution in [0.4, 0.5) is 0 Å². The van der Waals surface area contributed by atoms with Gasteiger partial charge in [-0.05, 0) is 19.1 Å². The van der Waals surface area contributed by atoms with Gasteiger partial charge in [0.25, 0.3) is 0 Å². The van der Waals surface area contributed by atoms with E-state index < -0.39 is 0 Å². The maximum Gasteiger partial charge on any atom is 0.226 e. The molecule has 0 aliphatic rings. The van der Waals surface area contributed by atoms with Gasteiger partial charge in [0, 0.05) is 16.4 Å². The van der Waals surface area contributed by atoms with E-state index in [0.717, 1.165) is 22.9 Å². The van der Waals surface area contributed by atoms with E-state index in [1.807, 2.05) is 0 Å². The zero-order chi connectivity index (χ0) is 15.1. The molecule has 0 N–H and O–H groups in total. The molecular formula is C18H25NO. The second-order valence-electron chi connectivity index (χ2n) is 7.56. The lowest BCUT2D eigenvalue weighted by Crippen LogP contribution is -2.20. The fraction of sp³-hybridized carbons (Fsp3) is 0.500. The van der Waals surface area contributed by atoms with Crippen LogP contribution < -0.4 is 0 Å². The molecule has 1 aromatic carbocycles. The van der Waals surface area contributed by atoms with Crippen molar-refractivity contribution in [1.29, 1.82) is 0 Å². The van der Waals surface area contributed by atoms with Crippen LogP contribution in [0.15, 0.2) is 28.7 Å². The summed E-state index contributed by atoms with van der Waals surface area (Å²) in [5.41, 5.74) is 3.28. The van der Waals surface area contributed by atoms with E-state index in [4.69, 9.17) is 9.40 Å². The lowest BCUT2D eigenvalue weighted by Gasteiger charge is -2.22. The second kappa shape index (κ2) is 4.76. The Morgan fingerprint density at radius 1 is 0.850 bits per heavy atom. The van der Waals surface area contributed by atoms with Crippen LogP contribution in [-0.2, 0) is 10.8 Å². The third-order valence-corrected chi connectivity index (χ3v) is 3.32. The number of oxazole rings is 1. The van der Waals surface area contributed by atoms with E-state index in [0.29, 0.717) is 0 Å². The second-order valence-corrected chi connectivity index (χ2v) is 7.56. The molecule has 0 fully saturated rings. The number of aromatic nitrogens is 1. The highest BCUT2D eigenvalue weighted by Gasteiger charge is 2.31. The summed E-state index contributed by atoms with van der Waals surface area (Å²) in [5.74, 6) is 1.71. The van der Waals surface area contributed by atoms with Crippen LogP contribution in [0.3, 0.4) is 0 Å². The molecule has 0 radical (unpaired) electrons. The molecule has 0 spiro atoms. The SMILES string of the molecule is Cc1ccc(-c2nc(C(C)(C)C)c(C(C)(C)C)o2)cc1. The van der Waals surface area contributed by atoms with Gasteiger partial charge in [-0.25, -0.2) is 4.98 Å². The average molecular weight is 271 g/mol. The first kappa shape index (κ1) is 14.8. The molecule has 0 unspecified atom stereocenters. The van der Waals surface area contributed by atoms with Crippen molar-refractivity contribution in [2.75, 3.05) is 0 Å². The molecule has 1 aromatic heterocycles. The van der Waals surface area contributed by atoms with Crippen molar-refractivity contribution >= 4 is 0 Å². The van der Waals surface area contributed by atoms with E-state index in [2.05, 4.69) is 72.7 Å². The van der Waals surface area contributed by atoms with Crippen molar-refractivity contribution in [2.45, 2.75) is 59.3 Å². The van der Waals surface area contributed by atoms with E-state index >= 15 is 0 Å². The Hall–Kier alpha value is -1.57. The highest BCUT2D eigenvalue weighted by molar-refractivity contribution is 5.55. The fourth-order valence-corrected chi connectivity index (χ4v) is 2.16. The third-order valence-electron chi connectivity index (χ3n) is 3.32. The van der Waals surface area contributed by atoms with Crippen LogP contribution in [0.25, 0.3) is 11.5 Å². The summed E-state index contributed by atoms with van der Waals surface area (Å²) in [4.78, 5) is 4.78. The summed E-state index contributed by atoms with van der Waals surface area (Å²) >= 11 is 0. The molecular weight excluding hydrogens is 246 g/mol. The average Bonchev–Trinajstić information content (AvgIpc) is 2.74. The summed E-state index contributed by atoms with van der Waals surface area (Å²) in [7, 11) is 0. The van der Waals surface area contributed by atoms with Gasteiger partial charge in [0.05, 0.1) is 5.69 Å². The van der Waals surface area contributed by atoms with Crippen LogP contribution in [0.2, 0.25) is 0 Å². The van der Waals surface area contributed by atoms with Crippen molar-refractivity contribution < 1.29 is 4.42 Å². The van der Waals surface area contributed by atoms with E-state index in [1.54, 1.807) is 0 Å². The normalized spacial score (nSPS) is 12.8. The summed E-state index contributed by atoms with van der Waals surface area (Å²) < 4.78 is 6.12. The Morgan fingerprint density at radius 3 is 1.80 bits per heavy atom. The number of nitrogens with zero attached hydrogens (tertiary/aromatic N) is 1. The molecule has 0 saturated heterocycles. The molecule has 108 valence electrons. The van der Waals surface area contributed by atoms with Crippen LogP contribution in [0.1, 0.15) is 58.6 Å². The van der Waals surface area contributed by atoms with Crippen molar-refractivity contribution in [3.05, 3.63) is 41.3 Å². The molecule has 2 nitrogen and oxygen atoms in total. The van der Waals surface area contributed by atoms with Gasteiger partial charge in [0.1, 0.15) is 5.76 Å². The molecule has 0 bridgehead atoms. The molecule has 0 aliphatic heterocycles. The summed E-state index contributed by atoms with van der Waals surface area (Å²) in [6.07, 6.45) is 0. The lowest BCUT2D eigenvalue weighted by molar-refractivity contribution is 0.398. The molecule has 1 heterocycles. The minimum Gasteiger partial charge on any atom is -0.440 e. The zero-order valence-corrected chi connectivity index (χ0v) is 13.7. The maximum absolute atomic E-state index is 6.12. The molecule has 0 saturated carbocycles. The Morgan fingerprint density at radius 2 is 1.40 bits per heavy atom. The molecule has 2 heteroatoms. The summed E-state index contributed by atoms with van der Waals surface area (Å²) in [6, 6.07) is 8.32. The van der Waals surface area contributed by atoms with E-state index in [1.165, 1.54) is 5.56 Å². The minimum atomic E-state index is -0.0431. The van der Waals surface area contributed by atoms with Crippen molar-refractivity contribution in [3.8, 4) is 11.5 Å². The molecule has 20 heavy (non-hydrogen) atoms. The van der Waals surface area contributed by atoms with E-state index in [-0.39, 0.29) is 10.8 Å². The van der Waals surface area contributed by atoms with Gasteiger partial charge in [-0.1, -0.05) is 59.2 Å². The molecule has 0 atom stereocenters. The Bertz CT molecular complexity index is 560. The molecule has 2 aromatic rings. The van der Waals surface area contributed by atoms with Gasteiger partial charge in [-0.3, -0.25) is 0 Å². The monoisotopic (exact) mass is 271 g/mol. The molecule has 0 amide bonds. The topological polar surface area (TPSA) is 26.0 Å². The van der Waals surface area contributed by atoms with Crippen molar-refractivity contribution in [3.63, 3.8) is 0 Å². The standard InChI is InChI=1S/C18H25NO/c1-12-8-10-13(11-9-12)16-19-14(17(2,3)4)15(20-16)18(5,6)7/h8-11H,1-7H3. The fourth-order valence-electron chi connectivity index (χ4n) is 2.16. The highest BCUT2D eigenvalue weighted by atomic mass is 16.4. The van der Waals surface area contributed by atoms with Gasteiger partial charge in [0.2, 0.25) is 5.89 Å². The first-order valence-corrected chi connectivity index (χ1v) is 7.18. The number of aryl methyl sites for hydroxylation is 1. The lowest BCUT2D eigenvalue weighted by atomic mass is 9.83. The summed E-state index contributed by atoms with van der Waals surface area (Å²) in [5, 5.41) is 0. The number of rotatable bonds is 1. The highest BCUT2D eigenvalue weighted by Crippen LogP contribution is 2.36. The van der Waals surface area contributed by atoms with Crippen molar-refractivity contribution in [2.24, 2.45) is 0 Å². The number of hydrogen-bond donors (Lipinski definition) is 0.